The van der Waals surface area contributed by atoms with E-state index in [0.717, 1.165) is 12.8 Å². The van der Waals surface area contributed by atoms with Gasteiger partial charge in [-0.15, -0.1) is 0 Å². The first-order valence-electron chi connectivity index (χ1n) is 7.69. The summed E-state index contributed by atoms with van der Waals surface area (Å²) in [5.41, 5.74) is -0.695. The molecule has 0 aromatic carbocycles. The number of alkyl halides is 1. The molecule has 1 N–H and O–H groups in total. The molecule has 5 heteroatoms. The van der Waals surface area contributed by atoms with Gasteiger partial charge >= 0.3 is 0 Å². The first kappa shape index (κ1) is 15.3. The summed E-state index contributed by atoms with van der Waals surface area (Å²) >= 11 is 0. The molecule has 2 rings (SSSR count). The molecule has 1 spiro atoms. The van der Waals surface area contributed by atoms with Crippen LogP contribution in [0.2, 0.25) is 0 Å². The molecular formula is C15H25FN2O2. The molecular weight excluding hydrogens is 259 g/mol. The molecule has 1 saturated heterocycles. The summed E-state index contributed by atoms with van der Waals surface area (Å²) in [5, 5.41) is 2.91. The van der Waals surface area contributed by atoms with Crippen molar-refractivity contribution in [3.8, 4) is 0 Å². The Morgan fingerprint density at radius 2 is 2.00 bits per heavy atom. The number of rotatable bonds is 5. The zero-order valence-electron chi connectivity index (χ0n) is 12.5. The highest BCUT2D eigenvalue weighted by Crippen LogP contribution is 2.38. The number of nitrogens with zero attached hydrogens (tertiary/aromatic N) is 1. The number of hydrogen-bond acceptors (Lipinski definition) is 2. The van der Waals surface area contributed by atoms with E-state index in [4.69, 9.17) is 0 Å². The molecule has 0 bridgehead atoms. The third-order valence-corrected chi connectivity index (χ3v) is 4.46. The molecule has 4 nitrogen and oxygen atoms in total. The number of hydrogen-bond donors (Lipinski definition) is 1. The zero-order valence-corrected chi connectivity index (χ0v) is 12.5. The second-order valence-corrected chi connectivity index (χ2v) is 6.43. The van der Waals surface area contributed by atoms with Crippen LogP contribution in [0.1, 0.15) is 52.4 Å². The van der Waals surface area contributed by atoms with Crippen LogP contribution >= 0.6 is 0 Å². The fraction of sp³-hybridized carbons (Fsp3) is 0.867. The largest absolute Gasteiger partial charge is 0.342 e. The van der Waals surface area contributed by atoms with E-state index in [9.17, 15) is 14.0 Å². The lowest BCUT2D eigenvalue weighted by Crippen LogP contribution is -2.70. The Hall–Kier alpha value is -1.13. The van der Waals surface area contributed by atoms with Crippen molar-refractivity contribution in [2.24, 2.45) is 5.92 Å². The van der Waals surface area contributed by atoms with Crippen LogP contribution in [0.25, 0.3) is 0 Å². The van der Waals surface area contributed by atoms with Crippen molar-refractivity contribution < 1.29 is 14.0 Å². The molecule has 1 atom stereocenters. The number of nitrogens with one attached hydrogen (secondary N) is 1. The lowest BCUT2D eigenvalue weighted by molar-refractivity contribution is -0.157. The van der Waals surface area contributed by atoms with Crippen molar-refractivity contribution in [3.05, 3.63) is 0 Å². The van der Waals surface area contributed by atoms with Crippen molar-refractivity contribution in [1.82, 2.24) is 10.2 Å². The van der Waals surface area contributed by atoms with Crippen LogP contribution in [0.3, 0.4) is 0 Å². The van der Waals surface area contributed by atoms with Crippen molar-refractivity contribution >= 4 is 11.8 Å². The van der Waals surface area contributed by atoms with E-state index in [2.05, 4.69) is 5.32 Å². The predicted molar refractivity (Wildman–Crippen MR) is 74.9 cm³/mol. The molecule has 1 heterocycles. The van der Waals surface area contributed by atoms with Gasteiger partial charge in [0.25, 0.3) is 0 Å². The Labute approximate surface area is 120 Å². The zero-order chi connectivity index (χ0) is 14.8. The van der Waals surface area contributed by atoms with Crippen LogP contribution in [0.15, 0.2) is 0 Å². The van der Waals surface area contributed by atoms with Gasteiger partial charge in [-0.05, 0) is 31.6 Å². The van der Waals surface area contributed by atoms with Crippen molar-refractivity contribution in [3.63, 3.8) is 0 Å². The van der Waals surface area contributed by atoms with E-state index in [-0.39, 0.29) is 11.8 Å². The second-order valence-electron chi connectivity index (χ2n) is 6.43. The molecule has 1 aliphatic heterocycles. The van der Waals surface area contributed by atoms with Gasteiger partial charge in [-0.3, -0.25) is 14.0 Å². The minimum atomic E-state index is -0.695. The lowest BCUT2D eigenvalue weighted by atomic mass is 9.87. The standard InChI is InChI=1S/C15H25FN2O2/c1-11(2)10-12-13(19)18(9-5-8-16)15(14(20)17-12)6-3-4-7-15/h11-12H,3-10H2,1-2H3,(H,17,20). The van der Waals surface area contributed by atoms with Gasteiger partial charge in [0, 0.05) is 6.54 Å². The fourth-order valence-corrected chi connectivity index (χ4v) is 3.51. The van der Waals surface area contributed by atoms with Gasteiger partial charge in [-0.2, -0.15) is 0 Å². The molecule has 0 aromatic rings. The molecule has 2 aliphatic rings. The molecule has 20 heavy (non-hydrogen) atoms. The van der Waals surface area contributed by atoms with Crippen molar-refractivity contribution in [1.29, 1.82) is 0 Å². The Kier molecular flexibility index (Phi) is 4.66. The third kappa shape index (κ3) is 2.67. The Morgan fingerprint density at radius 3 is 2.55 bits per heavy atom. The molecule has 114 valence electrons. The highest BCUT2D eigenvalue weighted by atomic mass is 19.1. The quantitative estimate of drug-likeness (QED) is 0.840. The minimum absolute atomic E-state index is 0.0198. The highest BCUT2D eigenvalue weighted by molar-refractivity contribution is 6.00. The Morgan fingerprint density at radius 1 is 1.35 bits per heavy atom. The maximum atomic E-state index is 12.7. The summed E-state index contributed by atoms with van der Waals surface area (Å²) in [4.78, 5) is 26.9. The van der Waals surface area contributed by atoms with Gasteiger partial charge in [0.2, 0.25) is 11.8 Å². The van der Waals surface area contributed by atoms with Gasteiger partial charge in [-0.1, -0.05) is 26.7 Å². The Balaban J connectivity index is 2.22. The van der Waals surface area contributed by atoms with E-state index in [0.29, 0.717) is 38.1 Å². The third-order valence-electron chi connectivity index (χ3n) is 4.46. The van der Waals surface area contributed by atoms with Gasteiger partial charge in [0.15, 0.2) is 0 Å². The maximum Gasteiger partial charge on any atom is 0.246 e. The highest BCUT2D eigenvalue weighted by Gasteiger charge is 2.53. The van der Waals surface area contributed by atoms with Crippen LogP contribution in [0, 0.1) is 5.92 Å². The van der Waals surface area contributed by atoms with Gasteiger partial charge in [-0.25, -0.2) is 0 Å². The van der Waals surface area contributed by atoms with E-state index < -0.39 is 18.3 Å². The number of halogens is 1. The van der Waals surface area contributed by atoms with Crippen molar-refractivity contribution in [2.45, 2.75) is 64.0 Å². The molecule has 1 aliphatic carbocycles. The van der Waals surface area contributed by atoms with Crippen LogP contribution in [0.5, 0.6) is 0 Å². The summed E-state index contributed by atoms with van der Waals surface area (Å²) in [5.74, 6) is 0.290. The first-order valence-corrected chi connectivity index (χ1v) is 7.69. The number of piperazine rings is 1. The van der Waals surface area contributed by atoms with Gasteiger partial charge < -0.3 is 10.2 Å². The normalized spacial score (nSPS) is 25.6. The lowest BCUT2D eigenvalue weighted by Gasteiger charge is -2.46. The summed E-state index contributed by atoms with van der Waals surface area (Å²) in [7, 11) is 0. The Bertz CT molecular complexity index is 378. The number of amides is 2. The molecule has 0 radical (unpaired) electrons. The summed E-state index contributed by atoms with van der Waals surface area (Å²) < 4.78 is 12.5. The SMILES string of the molecule is CC(C)CC1NC(=O)C2(CCCC2)N(CCCF)C1=O. The summed E-state index contributed by atoms with van der Waals surface area (Å²) in [6.45, 7) is 3.98. The van der Waals surface area contributed by atoms with Crippen LogP contribution in [0.4, 0.5) is 4.39 Å². The smallest absolute Gasteiger partial charge is 0.246 e. The van der Waals surface area contributed by atoms with Crippen LogP contribution < -0.4 is 5.32 Å². The first-order chi connectivity index (χ1) is 9.51. The minimum Gasteiger partial charge on any atom is -0.342 e. The number of carbonyl (C=O) groups is 2. The van der Waals surface area contributed by atoms with E-state index >= 15 is 0 Å². The van der Waals surface area contributed by atoms with E-state index in [1.807, 2.05) is 13.8 Å². The molecule has 0 aromatic heterocycles. The fourth-order valence-electron chi connectivity index (χ4n) is 3.51. The number of carbonyl (C=O) groups excluding carboxylic acids is 2. The molecule has 1 saturated carbocycles. The summed E-state index contributed by atoms with van der Waals surface area (Å²) in [6.07, 6.45) is 4.31. The van der Waals surface area contributed by atoms with Crippen molar-refractivity contribution in [2.75, 3.05) is 13.2 Å². The van der Waals surface area contributed by atoms with Crippen LogP contribution in [-0.4, -0.2) is 41.5 Å². The second kappa shape index (κ2) is 6.10. The monoisotopic (exact) mass is 284 g/mol. The molecule has 2 amide bonds. The molecule has 2 fully saturated rings. The topological polar surface area (TPSA) is 49.4 Å². The predicted octanol–water partition coefficient (Wildman–Crippen LogP) is 2.03. The molecule has 1 unspecified atom stereocenters. The average molecular weight is 284 g/mol. The maximum absolute atomic E-state index is 12.7. The van der Waals surface area contributed by atoms with Crippen LogP contribution in [-0.2, 0) is 9.59 Å². The summed E-state index contributed by atoms with van der Waals surface area (Å²) in [6, 6.07) is -0.437. The average Bonchev–Trinajstić information content (AvgIpc) is 2.86. The van der Waals surface area contributed by atoms with Gasteiger partial charge in [0.1, 0.15) is 11.6 Å². The van der Waals surface area contributed by atoms with E-state index in [1.165, 1.54) is 0 Å². The van der Waals surface area contributed by atoms with E-state index in [1.54, 1.807) is 4.90 Å². The van der Waals surface area contributed by atoms with Gasteiger partial charge in [0.05, 0.1) is 6.67 Å².